The molecule has 0 aliphatic heterocycles. The monoisotopic (exact) mass is 339 g/mol. The summed E-state index contributed by atoms with van der Waals surface area (Å²) in [4.78, 5) is 12.9. The van der Waals surface area contributed by atoms with Gasteiger partial charge in [-0.25, -0.2) is 0 Å². The molecule has 0 spiro atoms. The Balaban J connectivity index is 1.88. The molecule has 1 heterocycles. The van der Waals surface area contributed by atoms with Gasteiger partial charge in [0.1, 0.15) is 0 Å². The molecule has 2 N–H and O–H groups in total. The van der Waals surface area contributed by atoms with Crippen LogP contribution in [0.5, 0.6) is 0 Å². The Morgan fingerprint density at radius 1 is 1.37 bits per heavy atom. The molecule has 0 saturated heterocycles. The Hall–Kier alpha value is -1.27. The lowest BCUT2D eigenvalue weighted by molar-refractivity contribution is -0.113. The lowest BCUT2D eigenvalue weighted by Crippen LogP contribution is -2.15. The van der Waals surface area contributed by atoms with Crippen LogP contribution in [0.25, 0.3) is 0 Å². The summed E-state index contributed by atoms with van der Waals surface area (Å²) in [6, 6.07) is 7.88. The second-order valence-electron chi connectivity index (χ2n) is 4.11. The predicted molar refractivity (Wildman–Crippen MR) is 81.6 cm³/mol. The summed E-state index contributed by atoms with van der Waals surface area (Å²) in [6.45, 7) is 3.85. The first-order valence-corrected chi connectivity index (χ1v) is 7.54. The van der Waals surface area contributed by atoms with Crippen LogP contribution in [0, 0.1) is 13.8 Å². The molecule has 6 heteroatoms. The van der Waals surface area contributed by atoms with Gasteiger partial charge in [-0.15, -0.1) is 11.8 Å². The minimum atomic E-state index is -0.0532. The molecule has 0 aliphatic carbocycles. The SMILES string of the molecule is Cc1[nH]nc(NC(=O)CSc2ccc(Br)cc2)c1C. The molecule has 0 saturated carbocycles. The molecule has 0 unspecified atom stereocenters. The zero-order valence-electron chi connectivity index (χ0n) is 10.7. The van der Waals surface area contributed by atoms with Crippen molar-refractivity contribution in [1.29, 1.82) is 0 Å². The fraction of sp³-hybridized carbons (Fsp3) is 0.231. The van der Waals surface area contributed by atoms with Crippen LogP contribution in [0.3, 0.4) is 0 Å². The van der Waals surface area contributed by atoms with Crippen LogP contribution in [-0.4, -0.2) is 21.9 Å². The van der Waals surface area contributed by atoms with Crippen molar-refractivity contribution >= 4 is 39.4 Å². The number of benzene rings is 1. The number of H-pyrrole nitrogens is 1. The minimum absolute atomic E-state index is 0.0532. The third-order valence-corrected chi connectivity index (χ3v) is 4.24. The number of nitrogens with zero attached hydrogens (tertiary/aromatic N) is 1. The first kappa shape index (κ1) is 14.1. The van der Waals surface area contributed by atoms with E-state index in [1.54, 1.807) is 0 Å². The molecule has 4 nitrogen and oxygen atoms in total. The normalized spacial score (nSPS) is 10.5. The van der Waals surface area contributed by atoms with Gasteiger partial charge in [0.2, 0.25) is 5.91 Å². The first-order valence-electron chi connectivity index (χ1n) is 5.76. The summed E-state index contributed by atoms with van der Waals surface area (Å²) in [7, 11) is 0. The van der Waals surface area contributed by atoms with Crippen LogP contribution in [0.15, 0.2) is 33.6 Å². The van der Waals surface area contributed by atoms with Gasteiger partial charge in [0.15, 0.2) is 5.82 Å². The Bertz CT molecular complexity index is 580. The van der Waals surface area contributed by atoms with Crippen molar-refractivity contribution in [2.75, 3.05) is 11.1 Å². The minimum Gasteiger partial charge on any atom is -0.308 e. The number of aromatic nitrogens is 2. The third kappa shape index (κ3) is 3.84. The van der Waals surface area contributed by atoms with Gasteiger partial charge in [0, 0.05) is 20.6 Å². The molecule has 100 valence electrons. The standard InChI is InChI=1S/C13H14BrN3OS/c1-8-9(2)16-17-13(8)15-12(18)7-19-11-5-3-10(14)4-6-11/h3-6H,7H2,1-2H3,(H2,15,16,17,18). The van der Waals surface area contributed by atoms with E-state index in [1.165, 1.54) is 11.8 Å². The maximum absolute atomic E-state index is 11.8. The summed E-state index contributed by atoms with van der Waals surface area (Å²) in [6.07, 6.45) is 0. The number of carbonyl (C=O) groups excluding carboxylic acids is 1. The molecule has 0 aliphatic rings. The average Bonchev–Trinajstić information content (AvgIpc) is 2.70. The van der Waals surface area contributed by atoms with E-state index in [0.29, 0.717) is 11.6 Å². The maximum Gasteiger partial charge on any atom is 0.235 e. The fourth-order valence-electron chi connectivity index (χ4n) is 1.45. The van der Waals surface area contributed by atoms with Crippen molar-refractivity contribution in [2.45, 2.75) is 18.7 Å². The fourth-order valence-corrected chi connectivity index (χ4v) is 2.42. The lowest BCUT2D eigenvalue weighted by atomic mass is 10.3. The summed E-state index contributed by atoms with van der Waals surface area (Å²) in [5.74, 6) is 0.925. The van der Waals surface area contributed by atoms with Gasteiger partial charge in [0.05, 0.1) is 5.75 Å². The van der Waals surface area contributed by atoms with E-state index < -0.39 is 0 Å². The molecule has 19 heavy (non-hydrogen) atoms. The number of thioether (sulfide) groups is 1. The first-order chi connectivity index (χ1) is 9.06. The number of halogens is 1. The number of carbonyl (C=O) groups is 1. The van der Waals surface area contributed by atoms with Crippen molar-refractivity contribution in [3.8, 4) is 0 Å². The van der Waals surface area contributed by atoms with Gasteiger partial charge in [-0.3, -0.25) is 9.89 Å². The number of amides is 1. The number of hydrogen-bond acceptors (Lipinski definition) is 3. The highest BCUT2D eigenvalue weighted by atomic mass is 79.9. The number of rotatable bonds is 4. The van der Waals surface area contributed by atoms with Crippen LogP contribution in [0.1, 0.15) is 11.3 Å². The van der Waals surface area contributed by atoms with Crippen LogP contribution >= 0.6 is 27.7 Å². The summed E-state index contributed by atoms with van der Waals surface area (Å²) in [5, 5.41) is 9.70. The molecule has 0 atom stereocenters. The van der Waals surface area contributed by atoms with Crippen molar-refractivity contribution < 1.29 is 4.79 Å². The van der Waals surface area contributed by atoms with Crippen LogP contribution < -0.4 is 5.32 Å². The Morgan fingerprint density at radius 2 is 2.05 bits per heavy atom. The number of hydrogen-bond donors (Lipinski definition) is 2. The highest BCUT2D eigenvalue weighted by Crippen LogP contribution is 2.21. The van der Waals surface area contributed by atoms with Crippen molar-refractivity contribution in [3.63, 3.8) is 0 Å². The van der Waals surface area contributed by atoms with E-state index in [-0.39, 0.29) is 5.91 Å². The Kier molecular flexibility index (Phi) is 4.66. The Morgan fingerprint density at radius 3 is 2.63 bits per heavy atom. The van der Waals surface area contributed by atoms with Gasteiger partial charge in [-0.1, -0.05) is 15.9 Å². The van der Waals surface area contributed by atoms with Crippen molar-refractivity contribution in [1.82, 2.24) is 10.2 Å². The molecular weight excluding hydrogens is 326 g/mol. The highest BCUT2D eigenvalue weighted by molar-refractivity contribution is 9.10. The summed E-state index contributed by atoms with van der Waals surface area (Å²) in [5.41, 5.74) is 1.94. The molecule has 0 radical (unpaired) electrons. The molecular formula is C13H14BrN3OS. The Labute approximate surface area is 124 Å². The number of anilines is 1. The zero-order chi connectivity index (χ0) is 13.8. The van der Waals surface area contributed by atoms with E-state index >= 15 is 0 Å². The van der Waals surface area contributed by atoms with Gasteiger partial charge in [-0.05, 0) is 38.1 Å². The van der Waals surface area contributed by atoms with Crippen molar-refractivity contribution in [3.05, 3.63) is 40.0 Å². The van der Waals surface area contributed by atoms with E-state index in [4.69, 9.17) is 0 Å². The number of aromatic amines is 1. The maximum atomic E-state index is 11.8. The average molecular weight is 340 g/mol. The second-order valence-corrected chi connectivity index (χ2v) is 6.08. The lowest BCUT2D eigenvalue weighted by Gasteiger charge is -2.03. The van der Waals surface area contributed by atoms with Crippen LogP contribution in [0.4, 0.5) is 5.82 Å². The van der Waals surface area contributed by atoms with E-state index in [0.717, 1.165) is 20.6 Å². The zero-order valence-corrected chi connectivity index (χ0v) is 13.1. The van der Waals surface area contributed by atoms with E-state index in [1.807, 2.05) is 38.1 Å². The van der Waals surface area contributed by atoms with E-state index in [2.05, 4.69) is 31.4 Å². The smallest absolute Gasteiger partial charge is 0.235 e. The molecule has 0 fully saturated rings. The van der Waals surface area contributed by atoms with Gasteiger partial charge in [0.25, 0.3) is 0 Å². The largest absolute Gasteiger partial charge is 0.308 e. The molecule has 2 rings (SSSR count). The summed E-state index contributed by atoms with van der Waals surface area (Å²) < 4.78 is 1.03. The van der Waals surface area contributed by atoms with Gasteiger partial charge in [-0.2, -0.15) is 5.10 Å². The molecule has 1 amide bonds. The third-order valence-electron chi connectivity index (χ3n) is 2.69. The number of aryl methyl sites for hydroxylation is 1. The topological polar surface area (TPSA) is 57.8 Å². The molecule has 2 aromatic rings. The quantitative estimate of drug-likeness (QED) is 0.838. The van der Waals surface area contributed by atoms with Gasteiger partial charge < -0.3 is 5.32 Å². The highest BCUT2D eigenvalue weighted by Gasteiger charge is 2.09. The second kappa shape index (κ2) is 6.25. The number of nitrogens with one attached hydrogen (secondary N) is 2. The molecule has 1 aromatic carbocycles. The van der Waals surface area contributed by atoms with Crippen LogP contribution in [0.2, 0.25) is 0 Å². The van der Waals surface area contributed by atoms with E-state index in [9.17, 15) is 4.79 Å². The van der Waals surface area contributed by atoms with Crippen LogP contribution in [-0.2, 0) is 4.79 Å². The van der Waals surface area contributed by atoms with Gasteiger partial charge >= 0.3 is 0 Å². The summed E-state index contributed by atoms with van der Waals surface area (Å²) >= 11 is 4.88. The predicted octanol–water partition coefficient (Wildman–Crippen LogP) is 3.52. The van der Waals surface area contributed by atoms with Crippen molar-refractivity contribution in [2.24, 2.45) is 0 Å². The molecule has 0 bridgehead atoms. The molecule has 1 aromatic heterocycles.